The van der Waals surface area contributed by atoms with E-state index in [1.807, 2.05) is 31.2 Å². The monoisotopic (exact) mass is 397 g/mol. The summed E-state index contributed by atoms with van der Waals surface area (Å²) in [5, 5.41) is 8.44. The number of amides is 1. The predicted octanol–water partition coefficient (Wildman–Crippen LogP) is 2.70. The summed E-state index contributed by atoms with van der Waals surface area (Å²) in [6.07, 6.45) is 1.85. The minimum Gasteiger partial charge on any atom is -0.356 e. The van der Waals surface area contributed by atoms with E-state index in [4.69, 9.17) is 4.98 Å². The minimum absolute atomic E-state index is 0.0328. The molecule has 7 nitrogen and oxygen atoms in total. The highest BCUT2D eigenvalue weighted by Gasteiger charge is 2.29. The van der Waals surface area contributed by atoms with E-state index in [-0.39, 0.29) is 23.9 Å². The summed E-state index contributed by atoms with van der Waals surface area (Å²) >= 11 is 1.51. The summed E-state index contributed by atoms with van der Waals surface area (Å²) in [6, 6.07) is 7.74. The van der Waals surface area contributed by atoms with Crippen molar-refractivity contribution in [2.75, 3.05) is 12.3 Å². The molecule has 1 N–H and O–H groups in total. The zero-order chi connectivity index (χ0) is 19.8. The molecule has 0 spiro atoms. The highest BCUT2D eigenvalue weighted by Crippen LogP contribution is 2.33. The molecule has 3 heterocycles. The van der Waals surface area contributed by atoms with Crippen molar-refractivity contribution in [2.24, 2.45) is 5.92 Å². The van der Waals surface area contributed by atoms with Gasteiger partial charge in [-0.05, 0) is 30.5 Å². The number of aryl methyl sites for hydroxylation is 1. The molecular formula is C20H23N5O2S. The molecule has 0 fully saturated rings. The Kier molecular flexibility index (Phi) is 4.97. The molecule has 3 aromatic rings. The average molecular weight is 398 g/mol. The number of carbonyl (C=O) groups excluding carboxylic acids is 1. The number of benzene rings is 1. The third kappa shape index (κ3) is 3.44. The molecule has 0 aliphatic carbocycles. The Balaban J connectivity index is 1.68. The Labute approximate surface area is 167 Å². The number of aromatic nitrogens is 4. The quantitative estimate of drug-likeness (QED) is 0.670. The van der Waals surface area contributed by atoms with Crippen LogP contribution in [0.25, 0.3) is 16.7 Å². The highest BCUT2D eigenvalue weighted by atomic mass is 32.2. The van der Waals surface area contributed by atoms with Gasteiger partial charge in [0.25, 0.3) is 5.56 Å². The first kappa shape index (κ1) is 18.7. The van der Waals surface area contributed by atoms with Gasteiger partial charge in [0.05, 0.1) is 17.9 Å². The van der Waals surface area contributed by atoms with Crippen LogP contribution in [0.3, 0.4) is 0 Å². The maximum Gasteiger partial charge on any atom is 0.265 e. The van der Waals surface area contributed by atoms with Crippen LogP contribution in [0.2, 0.25) is 0 Å². The van der Waals surface area contributed by atoms with Crippen LogP contribution < -0.4 is 10.9 Å². The second kappa shape index (κ2) is 7.43. The van der Waals surface area contributed by atoms with E-state index in [0.717, 1.165) is 11.3 Å². The number of nitrogens with zero attached hydrogens (tertiary/aromatic N) is 4. The van der Waals surface area contributed by atoms with Crippen molar-refractivity contribution in [3.8, 4) is 5.69 Å². The molecule has 146 valence electrons. The van der Waals surface area contributed by atoms with Crippen molar-refractivity contribution in [3.05, 3.63) is 46.4 Å². The van der Waals surface area contributed by atoms with Crippen molar-refractivity contribution in [1.82, 2.24) is 24.6 Å². The summed E-state index contributed by atoms with van der Waals surface area (Å²) in [5.74, 6) is 1.03. The molecule has 0 bridgehead atoms. The van der Waals surface area contributed by atoms with E-state index in [1.165, 1.54) is 11.8 Å². The Bertz CT molecular complexity index is 1100. The zero-order valence-corrected chi connectivity index (χ0v) is 17.0. The van der Waals surface area contributed by atoms with Crippen molar-refractivity contribution in [2.45, 2.75) is 38.4 Å². The number of fused-ring (bicyclic) bond motifs is 2. The molecule has 4 rings (SSSR count). The summed E-state index contributed by atoms with van der Waals surface area (Å²) in [4.78, 5) is 30.1. The molecule has 28 heavy (non-hydrogen) atoms. The molecule has 1 aromatic carbocycles. The van der Waals surface area contributed by atoms with Crippen LogP contribution in [0.4, 0.5) is 0 Å². The lowest BCUT2D eigenvalue weighted by Gasteiger charge is -2.14. The fraction of sp³-hybridized carbons (Fsp3) is 0.400. The van der Waals surface area contributed by atoms with Gasteiger partial charge in [-0.1, -0.05) is 37.7 Å². The molecule has 1 atom stereocenters. The lowest BCUT2D eigenvalue weighted by Crippen LogP contribution is -2.32. The number of rotatable bonds is 5. The maximum atomic E-state index is 13.1. The van der Waals surface area contributed by atoms with Crippen LogP contribution in [-0.4, -0.2) is 37.5 Å². The van der Waals surface area contributed by atoms with Crippen LogP contribution in [0, 0.1) is 12.8 Å². The fourth-order valence-corrected chi connectivity index (χ4v) is 4.46. The highest BCUT2D eigenvalue weighted by molar-refractivity contribution is 7.99. The Morgan fingerprint density at radius 1 is 1.39 bits per heavy atom. The summed E-state index contributed by atoms with van der Waals surface area (Å²) in [5.41, 5.74) is 2.41. The first-order valence-corrected chi connectivity index (χ1v) is 10.4. The molecule has 0 radical (unpaired) electrons. The number of hydrogen-bond donors (Lipinski definition) is 1. The van der Waals surface area contributed by atoms with E-state index in [9.17, 15) is 9.59 Å². The third-order valence-electron chi connectivity index (χ3n) is 4.75. The van der Waals surface area contributed by atoms with Crippen LogP contribution in [0.15, 0.2) is 40.4 Å². The van der Waals surface area contributed by atoms with Gasteiger partial charge in [-0.15, -0.1) is 0 Å². The second-order valence-electron chi connectivity index (χ2n) is 7.57. The van der Waals surface area contributed by atoms with Crippen molar-refractivity contribution >= 4 is 28.7 Å². The summed E-state index contributed by atoms with van der Waals surface area (Å²) in [7, 11) is 0. The van der Waals surface area contributed by atoms with Gasteiger partial charge in [0, 0.05) is 18.7 Å². The van der Waals surface area contributed by atoms with E-state index >= 15 is 0 Å². The van der Waals surface area contributed by atoms with Crippen LogP contribution in [0.1, 0.15) is 31.9 Å². The number of nitrogens with one attached hydrogen (secondary N) is 1. The molecule has 0 saturated carbocycles. The number of carbonyl (C=O) groups is 1. The van der Waals surface area contributed by atoms with Crippen molar-refractivity contribution < 1.29 is 4.79 Å². The van der Waals surface area contributed by atoms with Crippen molar-refractivity contribution in [3.63, 3.8) is 0 Å². The molecule has 2 aromatic heterocycles. The molecule has 8 heteroatoms. The largest absolute Gasteiger partial charge is 0.356 e. The number of hydrogen-bond acceptors (Lipinski definition) is 5. The SMILES string of the molecule is Cc1cccc(-n2ncc3c(=O)n4c(nc32)SCC4CC(=O)NCC(C)C)c1. The smallest absolute Gasteiger partial charge is 0.265 e. The second-order valence-corrected chi connectivity index (χ2v) is 8.56. The van der Waals surface area contributed by atoms with E-state index in [0.29, 0.717) is 34.4 Å². The van der Waals surface area contributed by atoms with Crippen LogP contribution in [0.5, 0.6) is 0 Å². The van der Waals surface area contributed by atoms with Gasteiger partial charge >= 0.3 is 0 Å². The molecule has 1 aliphatic rings. The summed E-state index contributed by atoms with van der Waals surface area (Å²) < 4.78 is 3.36. The van der Waals surface area contributed by atoms with Gasteiger partial charge in [-0.25, -0.2) is 9.67 Å². The van der Waals surface area contributed by atoms with Crippen molar-refractivity contribution in [1.29, 1.82) is 0 Å². The lowest BCUT2D eigenvalue weighted by molar-refractivity contribution is -0.121. The fourth-order valence-electron chi connectivity index (χ4n) is 3.33. The van der Waals surface area contributed by atoms with Crippen LogP contribution in [-0.2, 0) is 4.79 Å². The third-order valence-corrected chi connectivity index (χ3v) is 5.84. The summed E-state index contributed by atoms with van der Waals surface area (Å²) in [6.45, 7) is 6.76. The zero-order valence-electron chi connectivity index (χ0n) is 16.2. The Morgan fingerprint density at radius 3 is 2.96 bits per heavy atom. The lowest BCUT2D eigenvalue weighted by atomic mass is 10.2. The standard InChI is InChI=1S/C20H23N5O2S/c1-12(2)9-21-17(26)8-15-11-28-20-23-18-16(19(27)24(15)20)10-22-25(18)14-6-4-5-13(3)7-14/h4-7,10,12,15H,8-9,11H2,1-3H3,(H,21,26). The van der Waals surface area contributed by atoms with Gasteiger partial charge in [-0.2, -0.15) is 5.10 Å². The average Bonchev–Trinajstić information content (AvgIpc) is 3.25. The molecule has 1 unspecified atom stereocenters. The topological polar surface area (TPSA) is 81.8 Å². The maximum absolute atomic E-state index is 13.1. The molecule has 1 amide bonds. The van der Waals surface area contributed by atoms with Gasteiger partial charge in [0.1, 0.15) is 5.39 Å². The molecule has 0 saturated heterocycles. The van der Waals surface area contributed by atoms with E-state index < -0.39 is 0 Å². The number of thioether (sulfide) groups is 1. The molecular weight excluding hydrogens is 374 g/mol. The van der Waals surface area contributed by atoms with Gasteiger partial charge in [0.15, 0.2) is 10.8 Å². The van der Waals surface area contributed by atoms with E-state index in [1.54, 1.807) is 15.4 Å². The Hall–Kier alpha value is -2.61. The van der Waals surface area contributed by atoms with Gasteiger partial charge in [0.2, 0.25) is 5.91 Å². The van der Waals surface area contributed by atoms with Gasteiger partial charge in [-0.3, -0.25) is 14.2 Å². The van der Waals surface area contributed by atoms with Crippen LogP contribution >= 0.6 is 11.8 Å². The van der Waals surface area contributed by atoms with Gasteiger partial charge < -0.3 is 5.32 Å². The normalized spacial score (nSPS) is 15.9. The molecule has 1 aliphatic heterocycles. The predicted molar refractivity (Wildman–Crippen MR) is 110 cm³/mol. The first-order valence-electron chi connectivity index (χ1n) is 9.41. The van der Waals surface area contributed by atoms with E-state index in [2.05, 4.69) is 24.3 Å². The first-order chi connectivity index (χ1) is 13.4. The minimum atomic E-state index is -0.182. The Morgan fingerprint density at radius 2 is 2.21 bits per heavy atom.